The fourth-order valence-electron chi connectivity index (χ4n) is 9.17. The van der Waals surface area contributed by atoms with Crippen LogP contribution in [0.5, 0.6) is 0 Å². The Morgan fingerprint density at radius 1 is 0.855 bits per heavy atom. The number of anilines is 2. The van der Waals surface area contributed by atoms with Crippen LogP contribution in [0.2, 0.25) is 5.02 Å². The van der Waals surface area contributed by atoms with Gasteiger partial charge < -0.3 is 15.1 Å². The molecule has 12 nitrogen and oxygen atoms in total. The molecule has 3 aromatic carbocycles. The number of amides is 1. The Morgan fingerprint density at radius 3 is 2.14 bits per heavy atom. The maximum absolute atomic E-state index is 14.3. The zero-order valence-corrected chi connectivity index (χ0v) is 43.1. The van der Waals surface area contributed by atoms with E-state index < -0.39 is 47.1 Å². The molecule has 2 fully saturated rings. The van der Waals surface area contributed by atoms with Gasteiger partial charge in [-0.3, -0.25) is 19.6 Å². The number of halogens is 4. The second kappa shape index (κ2) is 21.7. The molecule has 1 amide bonds. The molecule has 0 spiro atoms. The van der Waals surface area contributed by atoms with E-state index in [1.54, 1.807) is 18.3 Å². The summed E-state index contributed by atoms with van der Waals surface area (Å²) in [6, 6.07) is 21.7. The number of pyridine rings is 1. The molecule has 69 heavy (non-hydrogen) atoms. The number of allylic oxidation sites excluding steroid dienone is 1. The van der Waals surface area contributed by atoms with Gasteiger partial charge in [-0.15, -0.1) is 11.8 Å². The van der Waals surface area contributed by atoms with Crippen molar-refractivity contribution >= 4 is 66.1 Å². The van der Waals surface area contributed by atoms with Gasteiger partial charge in [-0.1, -0.05) is 49.2 Å². The number of benzene rings is 3. The van der Waals surface area contributed by atoms with Gasteiger partial charge in [0.15, 0.2) is 0 Å². The predicted octanol–water partition coefficient (Wildman–Crippen LogP) is 9.31. The Kier molecular flexibility index (Phi) is 16.5. The number of thioether (sulfide) groups is 1. The molecular formula is C50H63ClF3N7O5S3. The summed E-state index contributed by atoms with van der Waals surface area (Å²) < 4.78 is 98.5. The van der Waals surface area contributed by atoms with Crippen molar-refractivity contribution in [2.75, 3.05) is 81.4 Å². The predicted molar refractivity (Wildman–Crippen MR) is 270 cm³/mol. The minimum Gasteiger partial charge on any atom is -0.380 e. The molecule has 0 radical (unpaired) electrons. The van der Waals surface area contributed by atoms with Crippen LogP contribution in [0.15, 0.2) is 111 Å². The Morgan fingerprint density at radius 2 is 1.52 bits per heavy atom. The topological polar surface area (TPSA) is 135 Å². The van der Waals surface area contributed by atoms with Crippen LogP contribution in [-0.4, -0.2) is 131 Å². The average molecular weight is 1030 g/mol. The Balaban J connectivity index is 1.02. The standard InChI is InChI=1S/C50H63ClF3N7O5S3/c1-48(2,3)61-29-25-58(26-30-61)22-20-39(35-67-41-9-7-6-8-10-41)56-45-18-16-42(31-46(45)68(63,64)50(52,53)54)69(65,66)57-47(62)36-11-14-40(15-12-36)60-27-23-59(24-28-60)34-37-32-49(4,5)21-19-43(37)44-17-13-38(51)33-55-44/h6-18,31,33,39,56H,19-30,32,34-35H2,1-5H3,(H,57,62)/t39-/m1/s1. The molecule has 3 heterocycles. The molecule has 0 saturated carbocycles. The molecule has 7 rings (SSSR count). The third kappa shape index (κ3) is 13.6. The van der Waals surface area contributed by atoms with E-state index in [-0.39, 0.29) is 22.2 Å². The smallest absolute Gasteiger partial charge is 0.380 e. The molecule has 2 N–H and O–H groups in total. The number of nitrogens with zero attached hydrogens (tertiary/aromatic N) is 5. The first-order valence-electron chi connectivity index (χ1n) is 23.3. The van der Waals surface area contributed by atoms with Crippen molar-refractivity contribution in [3.05, 3.63) is 113 Å². The molecule has 3 aliphatic rings. The molecule has 19 heteroatoms. The monoisotopic (exact) mass is 1030 g/mol. The van der Waals surface area contributed by atoms with Crippen molar-refractivity contribution in [3.63, 3.8) is 0 Å². The van der Waals surface area contributed by atoms with Gasteiger partial charge in [0, 0.05) is 105 Å². The van der Waals surface area contributed by atoms with Crippen LogP contribution < -0.4 is 14.9 Å². The fourth-order valence-corrected chi connectivity index (χ4v) is 12.3. The van der Waals surface area contributed by atoms with E-state index in [4.69, 9.17) is 11.6 Å². The third-order valence-electron chi connectivity index (χ3n) is 13.2. The van der Waals surface area contributed by atoms with Crippen molar-refractivity contribution in [3.8, 4) is 0 Å². The van der Waals surface area contributed by atoms with Crippen molar-refractivity contribution in [1.82, 2.24) is 24.4 Å². The van der Waals surface area contributed by atoms with Gasteiger partial charge in [0.1, 0.15) is 4.90 Å². The van der Waals surface area contributed by atoms with Gasteiger partial charge in [0.05, 0.1) is 21.3 Å². The zero-order chi connectivity index (χ0) is 49.8. The molecule has 0 bridgehead atoms. The molecule has 1 atom stereocenters. The number of nitrogens with one attached hydrogen (secondary N) is 2. The summed E-state index contributed by atoms with van der Waals surface area (Å²) in [7, 11) is -10.9. The molecule has 4 aromatic rings. The number of hydrogen-bond donors (Lipinski definition) is 2. The quantitative estimate of drug-likeness (QED) is 0.104. The summed E-state index contributed by atoms with van der Waals surface area (Å²) in [5.41, 5.74) is -1.44. The largest absolute Gasteiger partial charge is 0.501 e. The van der Waals surface area contributed by atoms with Crippen LogP contribution in [0.3, 0.4) is 0 Å². The van der Waals surface area contributed by atoms with Crippen molar-refractivity contribution in [2.24, 2.45) is 5.41 Å². The van der Waals surface area contributed by atoms with E-state index in [9.17, 15) is 34.8 Å². The SMILES string of the molecule is CC1(C)CCC(c2ccc(Cl)cn2)=C(CN2CCN(c3ccc(C(=O)NS(=O)(=O)c4ccc(N[C@H](CCN5CCN(C(C)(C)C)CC5)CSc5ccccc5)c(S(=O)(=O)C(F)(F)F)c4)cc3)CC2)C1. The summed E-state index contributed by atoms with van der Waals surface area (Å²) in [6.45, 7) is 18.9. The van der Waals surface area contributed by atoms with Crippen LogP contribution in [0.25, 0.3) is 5.57 Å². The van der Waals surface area contributed by atoms with Gasteiger partial charge in [0.2, 0.25) is 0 Å². The summed E-state index contributed by atoms with van der Waals surface area (Å²) in [4.78, 5) is 26.2. The van der Waals surface area contributed by atoms with E-state index in [2.05, 4.69) is 64.5 Å². The number of aromatic nitrogens is 1. The number of sulfonamides is 1. The van der Waals surface area contributed by atoms with E-state index in [1.165, 1.54) is 35.0 Å². The zero-order valence-electron chi connectivity index (χ0n) is 39.9. The van der Waals surface area contributed by atoms with Crippen molar-refractivity contribution in [2.45, 2.75) is 92.1 Å². The highest BCUT2D eigenvalue weighted by Crippen LogP contribution is 2.43. The van der Waals surface area contributed by atoms with Gasteiger partial charge in [-0.25, -0.2) is 21.6 Å². The highest BCUT2D eigenvalue weighted by Gasteiger charge is 2.48. The second-order valence-corrected chi connectivity index (χ2v) is 25.0. The maximum atomic E-state index is 14.3. The van der Waals surface area contributed by atoms with Gasteiger partial charge >= 0.3 is 5.51 Å². The number of hydrogen-bond acceptors (Lipinski definition) is 12. The van der Waals surface area contributed by atoms with Gasteiger partial charge in [-0.05, 0) is 124 Å². The van der Waals surface area contributed by atoms with Crippen LogP contribution in [0.4, 0.5) is 24.5 Å². The number of alkyl halides is 3. The first kappa shape index (κ1) is 52.6. The number of piperazine rings is 2. The molecule has 2 saturated heterocycles. The summed E-state index contributed by atoms with van der Waals surface area (Å²) in [5.74, 6) is -0.644. The van der Waals surface area contributed by atoms with E-state index in [0.29, 0.717) is 29.8 Å². The first-order valence-corrected chi connectivity index (χ1v) is 27.6. The minimum absolute atomic E-state index is 0.00356. The van der Waals surface area contributed by atoms with E-state index in [1.807, 2.05) is 47.2 Å². The van der Waals surface area contributed by atoms with Crippen molar-refractivity contribution in [1.29, 1.82) is 0 Å². The lowest BCUT2D eigenvalue weighted by Crippen LogP contribution is -2.53. The first-order chi connectivity index (χ1) is 32.5. The number of carbonyl (C=O) groups excluding carboxylic acids is 1. The molecular weight excluding hydrogens is 967 g/mol. The van der Waals surface area contributed by atoms with Gasteiger partial charge in [0.25, 0.3) is 25.8 Å². The second-order valence-electron chi connectivity index (χ2n) is 19.9. The molecule has 1 aliphatic carbocycles. The van der Waals surface area contributed by atoms with Crippen LogP contribution in [0.1, 0.15) is 76.4 Å². The highest BCUT2D eigenvalue weighted by molar-refractivity contribution is 7.99. The molecule has 1 aromatic heterocycles. The molecule has 2 aliphatic heterocycles. The maximum Gasteiger partial charge on any atom is 0.501 e. The van der Waals surface area contributed by atoms with E-state index >= 15 is 0 Å². The third-order valence-corrected chi connectivity index (χ3v) is 17.5. The Bertz CT molecular complexity index is 2670. The Hall–Kier alpha value is -4.17. The number of sulfone groups is 1. The summed E-state index contributed by atoms with van der Waals surface area (Å²) in [5, 5.41) is 3.65. The fraction of sp³-hybridized carbons (Fsp3) is 0.480. The molecule has 0 unspecified atom stereocenters. The average Bonchev–Trinajstić information content (AvgIpc) is 3.30. The molecule has 374 valence electrons. The lowest BCUT2D eigenvalue weighted by Gasteiger charge is -2.42. The Labute approximate surface area is 415 Å². The van der Waals surface area contributed by atoms with Crippen LogP contribution >= 0.6 is 23.4 Å². The normalized spacial score (nSPS) is 18.5. The number of rotatable bonds is 16. The number of carbonyl (C=O) groups is 1. The van der Waals surface area contributed by atoms with Gasteiger partial charge in [-0.2, -0.15) is 13.2 Å². The summed E-state index contributed by atoms with van der Waals surface area (Å²) in [6.07, 6.45) is 5.17. The van der Waals surface area contributed by atoms with E-state index in [0.717, 1.165) is 107 Å². The highest BCUT2D eigenvalue weighted by atomic mass is 35.5. The minimum atomic E-state index is -6.06. The lowest BCUT2D eigenvalue weighted by atomic mass is 9.73. The van der Waals surface area contributed by atoms with Crippen LogP contribution in [0, 0.1) is 5.41 Å². The lowest BCUT2D eigenvalue weighted by molar-refractivity contribution is -0.0435. The summed E-state index contributed by atoms with van der Waals surface area (Å²) >= 11 is 7.60. The van der Waals surface area contributed by atoms with Crippen molar-refractivity contribution < 1.29 is 34.8 Å². The van der Waals surface area contributed by atoms with Crippen LogP contribution in [-0.2, 0) is 19.9 Å².